The Morgan fingerprint density at radius 3 is 2.62 bits per heavy atom. The maximum atomic E-state index is 13.5. The van der Waals surface area contributed by atoms with Crippen LogP contribution in [0.25, 0.3) is 0 Å². The van der Waals surface area contributed by atoms with E-state index in [9.17, 15) is 14.0 Å². The first kappa shape index (κ1) is 16.9. The first-order valence-electron chi connectivity index (χ1n) is 8.28. The summed E-state index contributed by atoms with van der Waals surface area (Å²) in [6, 6.07) is 6.01. The molecule has 3 rings (SSSR count). The van der Waals surface area contributed by atoms with E-state index in [2.05, 4.69) is 15.5 Å². The summed E-state index contributed by atoms with van der Waals surface area (Å²) in [5.74, 6) is -1.54. The molecule has 2 N–H and O–H groups in total. The molecular formula is C17H22FN3O3. The fourth-order valence-electron chi connectivity index (χ4n) is 2.86. The molecule has 1 saturated carbocycles. The summed E-state index contributed by atoms with van der Waals surface area (Å²) in [5.41, 5.74) is 0.154. The average molecular weight is 335 g/mol. The fraction of sp³-hybridized carbons (Fsp3) is 0.529. The summed E-state index contributed by atoms with van der Waals surface area (Å²) < 4.78 is 18.8. The molecule has 1 aliphatic heterocycles. The van der Waals surface area contributed by atoms with Gasteiger partial charge in [-0.05, 0) is 18.6 Å². The van der Waals surface area contributed by atoms with E-state index in [-0.39, 0.29) is 29.3 Å². The number of para-hydroxylation sites is 1. The van der Waals surface area contributed by atoms with Gasteiger partial charge in [0, 0.05) is 26.2 Å². The number of carbonyl (C=O) groups excluding carboxylic acids is 2. The molecule has 0 spiro atoms. The highest BCUT2D eigenvalue weighted by Gasteiger charge is 2.48. The van der Waals surface area contributed by atoms with Crippen molar-refractivity contribution in [3.8, 4) is 0 Å². The van der Waals surface area contributed by atoms with Gasteiger partial charge >= 0.3 is 0 Å². The van der Waals surface area contributed by atoms with Gasteiger partial charge < -0.3 is 15.4 Å². The van der Waals surface area contributed by atoms with Gasteiger partial charge in [0.15, 0.2) is 0 Å². The monoisotopic (exact) mass is 335 g/mol. The van der Waals surface area contributed by atoms with E-state index in [0.29, 0.717) is 13.0 Å². The number of amides is 2. The van der Waals surface area contributed by atoms with Crippen LogP contribution in [0.5, 0.6) is 0 Å². The molecule has 130 valence electrons. The maximum Gasteiger partial charge on any atom is 0.228 e. The zero-order chi connectivity index (χ0) is 16.9. The van der Waals surface area contributed by atoms with Crippen molar-refractivity contribution >= 4 is 17.5 Å². The van der Waals surface area contributed by atoms with Gasteiger partial charge in [-0.3, -0.25) is 14.5 Å². The van der Waals surface area contributed by atoms with Crippen LogP contribution in [0.2, 0.25) is 0 Å². The SMILES string of the molecule is O=C(NCCN1CCOCC1)C1CC1C(=O)Nc1ccccc1F. The number of benzene rings is 1. The number of morpholine rings is 1. The Hall–Kier alpha value is -1.99. The number of nitrogens with one attached hydrogen (secondary N) is 2. The number of anilines is 1. The molecular weight excluding hydrogens is 313 g/mol. The van der Waals surface area contributed by atoms with E-state index in [4.69, 9.17) is 4.74 Å². The lowest BCUT2D eigenvalue weighted by molar-refractivity contribution is -0.125. The molecule has 0 radical (unpaired) electrons. The lowest BCUT2D eigenvalue weighted by Crippen LogP contribution is -2.41. The minimum atomic E-state index is -0.474. The molecule has 24 heavy (non-hydrogen) atoms. The van der Waals surface area contributed by atoms with Gasteiger partial charge in [-0.2, -0.15) is 0 Å². The minimum Gasteiger partial charge on any atom is -0.379 e. The topological polar surface area (TPSA) is 70.7 Å². The van der Waals surface area contributed by atoms with Crippen molar-refractivity contribution in [3.63, 3.8) is 0 Å². The Balaban J connectivity index is 1.38. The molecule has 1 aromatic carbocycles. The van der Waals surface area contributed by atoms with Crippen molar-refractivity contribution in [3.05, 3.63) is 30.1 Å². The number of ether oxygens (including phenoxy) is 1. The number of hydrogen-bond donors (Lipinski definition) is 2. The van der Waals surface area contributed by atoms with Crippen LogP contribution >= 0.6 is 0 Å². The predicted molar refractivity (Wildman–Crippen MR) is 86.9 cm³/mol. The van der Waals surface area contributed by atoms with Crippen LogP contribution in [0.15, 0.2) is 24.3 Å². The summed E-state index contributed by atoms with van der Waals surface area (Å²) in [4.78, 5) is 26.4. The van der Waals surface area contributed by atoms with Crippen LogP contribution in [0.3, 0.4) is 0 Å². The van der Waals surface area contributed by atoms with E-state index in [1.54, 1.807) is 12.1 Å². The second kappa shape index (κ2) is 7.72. The molecule has 1 heterocycles. The largest absolute Gasteiger partial charge is 0.379 e. The molecule has 2 aliphatic rings. The van der Waals surface area contributed by atoms with Gasteiger partial charge in [-0.25, -0.2) is 4.39 Å². The number of halogens is 1. The smallest absolute Gasteiger partial charge is 0.228 e. The normalized spacial score (nSPS) is 23.5. The minimum absolute atomic E-state index is 0.100. The zero-order valence-corrected chi connectivity index (χ0v) is 13.5. The Morgan fingerprint density at radius 2 is 1.88 bits per heavy atom. The zero-order valence-electron chi connectivity index (χ0n) is 13.5. The highest BCUT2D eigenvalue weighted by atomic mass is 19.1. The van der Waals surface area contributed by atoms with Crippen LogP contribution in [0.1, 0.15) is 6.42 Å². The standard InChI is InChI=1S/C17H22FN3O3/c18-14-3-1-2-4-15(14)20-17(23)13-11-12(13)16(22)19-5-6-21-7-9-24-10-8-21/h1-4,12-13H,5-11H2,(H,19,22)(H,20,23). The van der Waals surface area contributed by atoms with Gasteiger partial charge in [-0.1, -0.05) is 12.1 Å². The fourth-order valence-corrected chi connectivity index (χ4v) is 2.86. The van der Waals surface area contributed by atoms with E-state index in [0.717, 1.165) is 32.8 Å². The third-order valence-electron chi connectivity index (χ3n) is 4.43. The van der Waals surface area contributed by atoms with Gasteiger partial charge in [0.25, 0.3) is 0 Å². The van der Waals surface area contributed by atoms with Gasteiger partial charge in [-0.15, -0.1) is 0 Å². The molecule has 2 amide bonds. The molecule has 7 heteroatoms. The summed E-state index contributed by atoms with van der Waals surface area (Å²) in [6.45, 7) is 4.58. The molecule has 1 aromatic rings. The average Bonchev–Trinajstić information content (AvgIpc) is 3.39. The van der Waals surface area contributed by atoms with E-state index >= 15 is 0 Å². The second-order valence-electron chi connectivity index (χ2n) is 6.16. The first-order valence-corrected chi connectivity index (χ1v) is 8.28. The third-order valence-corrected chi connectivity index (χ3v) is 4.43. The first-order chi connectivity index (χ1) is 11.6. The van der Waals surface area contributed by atoms with Gasteiger partial charge in [0.05, 0.1) is 30.7 Å². The van der Waals surface area contributed by atoms with Crippen molar-refractivity contribution in [1.29, 1.82) is 0 Å². The Bertz CT molecular complexity index is 604. The molecule has 1 saturated heterocycles. The van der Waals surface area contributed by atoms with Crippen LogP contribution in [0, 0.1) is 17.7 Å². The summed E-state index contributed by atoms with van der Waals surface area (Å²) >= 11 is 0. The van der Waals surface area contributed by atoms with E-state index in [1.165, 1.54) is 12.1 Å². The summed E-state index contributed by atoms with van der Waals surface area (Å²) in [5, 5.41) is 5.43. The molecule has 2 unspecified atom stereocenters. The Kier molecular flexibility index (Phi) is 5.42. The number of rotatable bonds is 6. The summed E-state index contributed by atoms with van der Waals surface area (Å²) in [7, 11) is 0. The molecule has 6 nitrogen and oxygen atoms in total. The van der Waals surface area contributed by atoms with E-state index < -0.39 is 5.82 Å². The number of nitrogens with zero attached hydrogens (tertiary/aromatic N) is 1. The van der Waals surface area contributed by atoms with Crippen LogP contribution in [0.4, 0.5) is 10.1 Å². The Morgan fingerprint density at radius 1 is 1.17 bits per heavy atom. The lowest BCUT2D eigenvalue weighted by Gasteiger charge is -2.26. The van der Waals surface area contributed by atoms with E-state index in [1.807, 2.05) is 0 Å². The quantitative estimate of drug-likeness (QED) is 0.809. The number of carbonyl (C=O) groups is 2. The van der Waals surface area contributed by atoms with Crippen LogP contribution < -0.4 is 10.6 Å². The maximum absolute atomic E-state index is 13.5. The molecule has 1 aliphatic carbocycles. The van der Waals surface area contributed by atoms with Gasteiger partial charge in [0.2, 0.25) is 11.8 Å². The van der Waals surface area contributed by atoms with Crippen LogP contribution in [-0.4, -0.2) is 56.1 Å². The summed E-state index contributed by atoms with van der Waals surface area (Å²) in [6.07, 6.45) is 0.518. The van der Waals surface area contributed by atoms with Crippen molar-refractivity contribution in [2.75, 3.05) is 44.7 Å². The lowest BCUT2D eigenvalue weighted by atomic mass is 10.2. The predicted octanol–water partition coefficient (Wildman–Crippen LogP) is 0.849. The van der Waals surface area contributed by atoms with Crippen molar-refractivity contribution < 1.29 is 18.7 Å². The second-order valence-corrected chi connectivity index (χ2v) is 6.16. The molecule has 0 bridgehead atoms. The molecule has 0 aromatic heterocycles. The van der Waals surface area contributed by atoms with Crippen molar-refractivity contribution in [1.82, 2.24) is 10.2 Å². The molecule has 2 fully saturated rings. The molecule has 2 atom stereocenters. The van der Waals surface area contributed by atoms with Gasteiger partial charge in [0.1, 0.15) is 5.82 Å². The Labute approximate surface area is 140 Å². The third kappa shape index (κ3) is 4.30. The van der Waals surface area contributed by atoms with Crippen molar-refractivity contribution in [2.24, 2.45) is 11.8 Å². The van der Waals surface area contributed by atoms with Crippen molar-refractivity contribution in [2.45, 2.75) is 6.42 Å². The van der Waals surface area contributed by atoms with Crippen LogP contribution in [-0.2, 0) is 14.3 Å². The highest BCUT2D eigenvalue weighted by Crippen LogP contribution is 2.39. The highest BCUT2D eigenvalue weighted by molar-refractivity contribution is 5.99. The number of hydrogen-bond acceptors (Lipinski definition) is 4.